The fourth-order valence-electron chi connectivity index (χ4n) is 2.05. The van der Waals surface area contributed by atoms with E-state index in [1.54, 1.807) is 24.7 Å². The highest BCUT2D eigenvalue weighted by molar-refractivity contribution is 5.06. The van der Waals surface area contributed by atoms with Crippen molar-refractivity contribution in [3.8, 4) is 6.01 Å². The predicted octanol–water partition coefficient (Wildman–Crippen LogP) is 0.170. The average molecular weight is 223 g/mol. The molecule has 1 aliphatic heterocycles. The first-order chi connectivity index (χ1) is 7.70. The third-order valence-corrected chi connectivity index (χ3v) is 2.89. The van der Waals surface area contributed by atoms with Crippen LogP contribution in [0.1, 0.15) is 12.1 Å². The summed E-state index contributed by atoms with van der Waals surface area (Å²) < 4.78 is 6.76. The van der Waals surface area contributed by atoms with Crippen molar-refractivity contribution >= 4 is 0 Å². The second kappa shape index (κ2) is 4.65. The molecule has 2 rings (SSSR count). The van der Waals surface area contributed by atoms with Crippen LogP contribution in [0.2, 0.25) is 0 Å². The van der Waals surface area contributed by atoms with Gasteiger partial charge in [-0.05, 0) is 32.4 Å². The number of nitrogens with zero attached hydrogens (tertiary/aromatic N) is 2. The Morgan fingerprint density at radius 1 is 1.69 bits per heavy atom. The predicted molar refractivity (Wildman–Crippen MR) is 60.8 cm³/mol. The van der Waals surface area contributed by atoms with Crippen molar-refractivity contribution in [2.24, 2.45) is 5.92 Å². The van der Waals surface area contributed by atoms with E-state index in [1.807, 2.05) is 0 Å². The van der Waals surface area contributed by atoms with Gasteiger partial charge in [0.2, 0.25) is 0 Å². The largest absolute Gasteiger partial charge is 0.468 e. The highest BCUT2D eigenvalue weighted by atomic mass is 16.5. The van der Waals surface area contributed by atoms with Crippen LogP contribution >= 0.6 is 0 Å². The second-order valence-electron chi connectivity index (χ2n) is 4.19. The van der Waals surface area contributed by atoms with E-state index in [4.69, 9.17) is 4.74 Å². The highest BCUT2D eigenvalue weighted by Gasteiger charge is 2.18. The van der Waals surface area contributed by atoms with Gasteiger partial charge >= 0.3 is 0 Å². The monoisotopic (exact) mass is 223 g/mol. The van der Waals surface area contributed by atoms with E-state index in [-0.39, 0.29) is 5.56 Å². The fourth-order valence-corrected chi connectivity index (χ4v) is 2.05. The van der Waals surface area contributed by atoms with E-state index in [1.165, 1.54) is 0 Å². The summed E-state index contributed by atoms with van der Waals surface area (Å²) in [6, 6.07) is 1.96. The standard InChI is InChI=1S/C11H17N3O2/c1-8-5-10(15)14(11(13-8)16-2)7-9-3-4-12-6-9/h5,9,12H,3-4,6-7H2,1-2H3. The number of rotatable bonds is 3. The van der Waals surface area contributed by atoms with Crippen LogP contribution in [0.4, 0.5) is 0 Å². The van der Waals surface area contributed by atoms with Crippen LogP contribution in [0, 0.1) is 12.8 Å². The number of hydrogen-bond acceptors (Lipinski definition) is 4. The molecule has 1 aliphatic rings. The number of ether oxygens (including phenoxy) is 1. The molecule has 1 fully saturated rings. The van der Waals surface area contributed by atoms with E-state index in [0.717, 1.165) is 19.5 Å². The van der Waals surface area contributed by atoms with Crippen LogP contribution in [0.5, 0.6) is 6.01 Å². The molecule has 16 heavy (non-hydrogen) atoms. The third-order valence-electron chi connectivity index (χ3n) is 2.89. The molecule has 0 aliphatic carbocycles. The summed E-state index contributed by atoms with van der Waals surface area (Å²) in [5.74, 6) is 0.496. The van der Waals surface area contributed by atoms with E-state index >= 15 is 0 Å². The number of methoxy groups -OCH3 is 1. The molecule has 0 spiro atoms. The number of aromatic nitrogens is 2. The van der Waals surface area contributed by atoms with Gasteiger partial charge in [0.15, 0.2) is 0 Å². The van der Waals surface area contributed by atoms with Crippen LogP contribution < -0.4 is 15.6 Å². The summed E-state index contributed by atoms with van der Waals surface area (Å²) in [6.45, 7) is 4.47. The lowest BCUT2D eigenvalue weighted by molar-refractivity contribution is 0.326. The van der Waals surface area contributed by atoms with Gasteiger partial charge in [-0.3, -0.25) is 9.36 Å². The topological polar surface area (TPSA) is 56.1 Å². The summed E-state index contributed by atoms with van der Waals surface area (Å²) in [4.78, 5) is 16.0. The Morgan fingerprint density at radius 2 is 2.50 bits per heavy atom. The van der Waals surface area contributed by atoms with Gasteiger partial charge in [-0.15, -0.1) is 0 Å². The van der Waals surface area contributed by atoms with Gasteiger partial charge in [0.05, 0.1) is 7.11 Å². The minimum Gasteiger partial charge on any atom is -0.468 e. The smallest absolute Gasteiger partial charge is 0.299 e. The Hall–Kier alpha value is -1.36. The SMILES string of the molecule is COc1nc(C)cc(=O)n1CC1CCNC1. The fraction of sp³-hybridized carbons (Fsp3) is 0.636. The maximum absolute atomic E-state index is 11.8. The molecular formula is C11H17N3O2. The lowest BCUT2D eigenvalue weighted by Gasteiger charge is -2.14. The molecule has 0 saturated carbocycles. The molecule has 5 nitrogen and oxygen atoms in total. The van der Waals surface area contributed by atoms with Crippen molar-refractivity contribution in [2.75, 3.05) is 20.2 Å². The zero-order valence-corrected chi connectivity index (χ0v) is 9.69. The van der Waals surface area contributed by atoms with Gasteiger partial charge < -0.3 is 10.1 Å². The molecule has 0 amide bonds. The minimum absolute atomic E-state index is 0.0312. The molecule has 1 aromatic heterocycles. The van der Waals surface area contributed by atoms with Crippen molar-refractivity contribution in [1.82, 2.24) is 14.9 Å². The molecule has 0 aromatic carbocycles. The Kier molecular flexibility index (Phi) is 3.24. The highest BCUT2D eigenvalue weighted by Crippen LogP contribution is 2.13. The van der Waals surface area contributed by atoms with Gasteiger partial charge in [-0.2, -0.15) is 0 Å². The molecule has 0 radical (unpaired) electrons. The van der Waals surface area contributed by atoms with Crippen molar-refractivity contribution in [1.29, 1.82) is 0 Å². The number of nitrogens with one attached hydrogen (secondary N) is 1. The van der Waals surface area contributed by atoms with Crippen LogP contribution in [-0.2, 0) is 6.54 Å². The molecule has 2 heterocycles. The Bertz CT molecular complexity index is 422. The number of aryl methyl sites for hydroxylation is 1. The van der Waals surface area contributed by atoms with E-state index in [0.29, 0.717) is 24.2 Å². The second-order valence-corrected chi connectivity index (χ2v) is 4.19. The average Bonchev–Trinajstić information content (AvgIpc) is 2.74. The molecule has 0 bridgehead atoms. The van der Waals surface area contributed by atoms with E-state index in [9.17, 15) is 4.79 Å². The van der Waals surface area contributed by atoms with Gasteiger partial charge in [-0.1, -0.05) is 0 Å². The van der Waals surface area contributed by atoms with Crippen LogP contribution in [-0.4, -0.2) is 29.8 Å². The van der Waals surface area contributed by atoms with Crippen LogP contribution in [0.3, 0.4) is 0 Å². The zero-order chi connectivity index (χ0) is 11.5. The van der Waals surface area contributed by atoms with Gasteiger partial charge in [0.1, 0.15) is 0 Å². The normalized spacial score (nSPS) is 20.0. The van der Waals surface area contributed by atoms with Gasteiger partial charge in [0.25, 0.3) is 11.6 Å². The first kappa shape index (κ1) is 11.1. The van der Waals surface area contributed by atoms with E-state index < -0.39 is 0 Å². The quantitative estimate of drug-likeness (QED) is 0.793. The van der Waals surface area contributed by atoms with Crippen molar-refractivity contribution in [2.45, 2.75) is 19.9 Å². The Balaban J connectivity index is 2.27. The molecule has 88 valence electrons. The molecular weight excluding hydrogens is 206 g/mol. The van der Waals surface area contributed by atoms with Crippen LogP contribution in [0.15, 0.2) is 10.9 Å². The summed E-state index contributed by atoms with van der Waals surface area (Å²) in [7, 11) is 1.55. The first-order valence-corrected chi connectivity index (χ1v) is 5.54. The molecule has 1 N–H and O–H groups in total. The van der Waals surface area contributed by atoms with Crippen molar-refractivity contribution in [3.63, 3.8) is 0 Å². The Morgan fingerprint density at radius 3 is 3.12 bits per heavy atom. The summed E-state index contributed by atoms with van der Waals surface area (Å²) in [6.07, 6.45) is 1.10. The minimum atomic E-state index is -0.0312. The van der Waals surface area contributed by atoms with E-state index in [2.05, 4.69) is 10.3 Å². The Labute approximate surface area is 94.5 Å². The van der Waals surface area contributed by atoms with Crippen molar-refractivity contribution in [3.05, 3.63) is 22.1 Å². The zero-order valence-electron chi connectivity index (χ0n) is 9.69. The summed E-state index contributed by atoms with van der Waals surface area (Å²) in [5.41, 5.74) is 0.666. The molecule has 5 heteroatoms. The molecule has 1 aromatic rings. The van der Waals surface area contributed by atoms with Crippen molar-refractivity contribution < 1.29 is 4.74 Å². The molecule has 1 atom stereocenters. The van der Waals surface area contributed by atoms with Gasteiger partial charge in [0, 0.05) is 18.3 Å². The third kappa shape index (κ3) is 2.24. The number of hydrogen-bond donors (Lipinski definition) is 1. The lowest BCUT2D eigenvalue weighted by atomic mass is 10.1. The first-order valence-electron chi connectivity index (χ1n) is 5.54. The molecule has 1 saturated heterocycles. The molecule has 1 unspecified atom stereocenters. The van der Waals surface area contributed by atoms with Crippen LogP contribution in [0.25, 0.3) is 0 Å². The maximum atomic E-state index is 11.8. The maximum Gasteiger partial charge on any atom is 0.299 e. The van der Waals surface area contributed by atoms with Gasteiger partial charge in [-0.25, -0.2) is 4.98 Å². The lowest BCUT2D eigenvalue weighted by Crippen LogP contribution is -2.27. The summed E-state index contributed by atoms with van der Waals surface area (Å²) in [5, 5.41) is 3.28. The summed E-state index contributed by atoms with van der Waals surface area (Å²) >= 11 is 0.